The fourth-order valence-electron chi connectivity index (χ4n) is 4.43. The standard InChI is InChI=1S/C24H42N4/c1-3-17-27(18-4-1)21-15-25-13-11-23-7-9-24(10-8-23)12-14-26-16-22-28-19-5-2-6-20-28/h7-10,25-26H,1-6,11-22H2. The number of benzene rings is 1. The molecule has 4 nitrogen and oxygen atoms in total. The highest BCUT2D eigenvalue weighted by Crippen LogP contribution is 2.08. The Balaban J connectivity index is 1.19. The summed E-state index contributed by atoms with van der Waals surface area (Å²) in [5.74, 6) is 0. The van der Waals surface area contributed by atoms with Crippen molar-refractivity contribution in [1.82, 2.24) is 20.4 Å². The van der Waals surface area contributed by atoms with E-state index in [0.29, 0.717) is 0 Å². The van der Waals surface area contributed by atoms with Crippen molar-refractivity contribution in [3.05, 3.63) is 35.4 Å². The van der Waals surface area contributed by atoms with E-state index in [2.05, 4.69) is 44.7 Å². The van der Waals surface area contributed by atoms with E-state index in [-0.39, 0.29) is 0 Å². The Morgan fingerprint density at radius 2 is 0.929 bits per heavy atom. The molecular weight excluding hydrogens is 344 g/mol. The van der Waals surface area contributed by atoms with Gasteiger partial charge in [0, 0.05) is 26.2 Å². The predicted molar refractivity (Wildman–Crippen MR) is 120 cm³/mol. The molecule has 0 aromatic heterocycles. The van der Waals surface area contributed by atoms with Gasteiger partial charge in [0.2, 0.25) is 0 Å². The molecule has 0 atom stereocenters. The van der Waals surface area contributed by atoms with Crippen molar-refractivity contribution in [3.63, 3.8) is 0 Å². The Bertz CT molecular complexity index is 457. The number of hydrogen-bond acceptors (Lipinski definition) is 4. The lowest BCUT2D eigenvalue weighted by Crippen LogP contribution is -2.36. The molecule has 0 saturated carbocycles. The summed E-state index contributed by atoms with van der Waals surface area (Å²) in [7, 11) is 0. The maximum absolute atomic E-state index is 3.62. The second-order valence-electron chi connectivity index (χ2n) is 8.62. The van der Waals surface area contributed by atoms with Gasteiger partial charge in [-0.15, -0.1) is 0 Å². The van der Waals surface area contributed by atoms with E-state index in [1.165, 1.54) is 88.9 Å². The molecule has 0 radical (unpaired) electrons. The van der Waals surface area contributed by atoms with Crippen LogP contribution >= 0.6 is 0 Å². The van der Waals surface area contributed by atoms with Gasteiger partial charge in [-0.3, -0.25) is 0 Å². The zero-order valence-electron chi connectivity index (χ0n) is 17.9. The third-order valence-corrected chi connectivity index (χ3v) is 6.31. The van der Waals surface area contributed by atoms with Crippen molar-refractivity contribution < 1.29 is 0 Å². The van der Waals surface area contributed by atoms with Crippen LogP contribution in [0.25, 0.3) is 0 Å². The smallest absolute Gasteiger partial charge is 0.0107 e. The average Bonchev–Trinajstić information content (AvgIpc) is 2.76. The second kappa shape index (κ2) is 13.3. The van der Waals surface area contributed by atoms with Gasteiger partial charge in [-0.2, -0.15) is 0 Å². The van der Waals surface area contributed by atoms with Gasteiger partial charge in [0.05, 0.1) is 0 Å². The molecule has 2 heterocycles. The van der Waals surface area contributed by atoms with Crippen LogP contribution in [0.5, 0.6) is 0 Å². The summed E-state index contributed by atoms with van der Waals surface area (Å²) in [6.07, 6.45) is 10.7. The van der Waals surface area contributed by atoms with Gasteiger partial charge in [0.25, 0.3) is 0 Å². The molecule has 28 heavy (non-hydrogen) atoms. The molecule has 2 aliphatic heterocycles. The summed E-state index contributed by atoms with van der Waals surface area (Å²) in [6, 6.07) is 9.26. The van der Waals surface area contributed by atoms with E-state index < -0.39 is 0 Å². The first-order valence-corrected chi connectivity index (χ1v) is 11.8. The fraction of sp³-hybridized carbons (Fsp3) is 0.750. The first-order chi connectivity index (χ1) is 13.9. The van der Waals surface area contributed by atoms with Gasteiger partial charge in [0.15, 0.2) is 0 Å². The highest BCUT2D eigenvalue weighted by molar-refractivity contribution is 5.23. The monoisotopic (exact) mass is 386 g/mol. The molecule has 2 N–H and O–H groups in total. The van der Waals surface area contributed by atoms with Crippen LogP contribution in [0.4, 0.5) is 0 Å². The average molecular weight is 387 g/mol. The van der Waals surface area contributed by atoms with Crippen molar-refractivity contribution >= 4 is 0 Å². The number of nitrogens with zero attached hydrogens (tertiary/aromatic N) is 2. The van der Waals surface area contributed by atoms with Gasteiger partial charge in [0.1, 0.15) is 0 Å². The van der Waals surface area contributed by atoms with Crippen LogP contribution in [0.2, 0.25) is 0 Å². The third-order valence-electron chi connectivity index (χ3n) is 6.31. The van der Waals surface area contributed by atoms with Crippen LogP contribution in [-0.2, 0) is 12.8 Å². The van der Waals surface area contributed by atoms with E-state index >= 15 is 0 Å². The van der Waals surface area contributed by atoms with Crippen LogP contribution in [0.3, 0.4) is 0 Å². The molecule has 4 heteroatoms. The van der Waals surface area contributed by atoms with Crippen molar-refractivity contribution in [3.8, 4) is 0 Å². The number of rotatable bonds is 12. The molecule has 0 amide bonds. The van der Waals surface area contributed by atoms with Crippen LogP contribution in [0.1, 0.15) is 49.7 Å². The van der Waals surface area contributed by atoms with Crippen LogP contribution in [-0.4, -0.2) is 75.2 Å². The minimum absolute atomic E-state index is 1.09. The summed E-state index contributed by atoms with van der Waals surface area (Å²) in [6.45, 7) is 12.1. The molecular formula is C24H42N4. The maximum Gasteiger partial charge on any atom is 0.0107 e. The number of hydrogen-bond donors (Lipinski definition) is 2. The topological polar surface area (TPSA) is 30.5 Å². The van der Waals surface area contributed by atoms with Crippen LogP contribution < -0.4 is 10.6 Å². The minimum atomic E-state index is 1.09. The third kappa shape index (κ3) is 8.60. The van der Waals surface area contributed by atoms with E-state index in [1.54, 1.807) is 0 Å². The molecule has 2 fully saturated rings. The van der Waals surface area contributed by atoms with Crippen molar-refractivity contribution in [2.75, 3.05) is 65.4 Å². The van der Waals surface area contributed by atoms with Gasteiger partial charge in [-0.25, -0.2) is 0 Å². The number of likely N-dealkylation sites (tertiary alicyclic amines) is 2. The fourth-order valence-corrected chi connectivity index (χ4v) is 4.43. The Hall–Kier alpha value is -0.940. The highest BCUT2D eigenvalue weighted by Gasteiger charge is 2.09. The van der Waals surface area contributed by atoms with Gasteiger partial charge in [-0.1, -0.05) is 37.1 Å². The Kier molecular flexibility index (Phi) is 10.3. The van der Waals surface area contributed by atoms with Crippen LogP contribution in [0.15, 0.2) is 24.3 Å². The first-order valence-electron chi connectivity index (χ1n) is 11.8. The second-order valence-corrected chi connectivity index (χ2v) is 8.62. The summed E-state index contributed by atoms with van der Waals surface area (Å²) < 4.78 is 0. The van der Waals surface area contributed by atoms with Crippen molar-refractivity contribution in [2.45, 2.75) is 51.4 Å². The van der Waals surface area contributed by atoms with E-state index in [0.717, 1.165) is 39.0 Å². The van der Waals surface area contributed by atoms with Crippen LogP contribution in [0, 0.1) is 0 Å². The largest absolute Gasteiger partial charge is 0.315 e. The lowest BCUT2D eigenvalue weighted by Gasteiger charge is -2.26. The Labute approximate surface area is 173 Å². The molecule has 1 aromatic carbocycles. The zero-order valence-corrected chi connectivity index (χ0v) is 17.9. The molecule has 3 rings (SSSR count). The molecule has 0 unspecified atom stereocenters. The van der Waals surface area contributed by atoms with Crippen molar-refractivity contribution in [1.29, 1.82) is 0 Å². The molecule has 1 aromatic rings. The van der Waals surface area contributed by atoms with E-state index in [1.807, 2.05) is 0 Å². The molecule has 0 bridgehead atoms. The first kappa shape index (κ1) is 21.8. The summed E-state index contributed by atoms with van der Waals surface area (Å²) >= 11 is 0. The Morgan fingerprint density at radius 3 is 1.32 bits per heavy atom. The molecule has 0 aliphatic carbocycles. The van der Waals surface area contributed by atoms with Gasteiger partial charge in [-0.05, 0) is 88.9 Å². The summed E-state index contributed by atoms with van der Waals surface area (Å²) in [4.78, 5) is 5.21. The lowest BCUT2D eigenvalue weighted by molar-refractivity contribution is 0.229. The molecule has 158 valence electrons. The summed E-state index contributed by atoms with van der Waals surface area (Å²) in [5, 5.41) is 7.23. The predicted octanol–water partition coefficient (Wildman–Crippen LogP) is 2.92. The van der Waals surface area contributed by atoms with E-state index in [9.17, 15) is 0 Å². The maximum atomic E-state index is 3.62. The SMILES string of the molecule is c1cc(CCNCCN2CCCCC2)ccc1CCNCCN1CCCCC1. The summed E-state index contributed by atoms with van der Waals surface area (Å²) in [5.41, 5.74) is 2.90. The number of nitrogens with one attached hydrogen (secondary N) is 2. The Morgan fingerprint density at radius 1 is 0.536 bits per heavy atom. The molecule has 2 saturated heterocycles. The minimum Gasteiger partial charge on any atom is -0.315 e. The van der Waals surface area contributed by atoms with Gasteiger partial charge < -0.3 is 20.4 Å². The van der Waals surface area contributed by atoms with Gasteiger partial charge >= 0.3 is 0 Å². The molecule has 2 aliphatic rings. The molecule has 0 spiro atoms. The van der Waals surface area contributed by atoms with Crippen molar-refractivity contribution in [2.24, 2.45) is 0 Å². The number of piperidine rings is 2. The lowest BCUT2D eigenvalue weighted by atomic mass is 10.1. The zero-order chi connectivity index (χ0) is 19.3. The van der Waals surface area contributed by atoms with E-state index in [4.69, 9.17) is 0 Å². The quantitative estimate of drug-likeness (QED) is 0.541. The normalized spacial score (nSPS) is 19.1. The highest BCUT2D eigenvalue weighted by atomic mass is 15.1.